The van der Waals surface area contributed by atoms with Crippen molar-refractivity contribution >= 4 is 17.5 Å². The van der Waals surface area contributed by atoms with Crippen LogP contribution in [0.15, 0.2) is 24.5 Å². The highest BCUT2D eigenvalue weighted by Gasteiger charge is 2.13. The van der Waals surface area contributed by atoms with Crippen molar-refractivity contribution in [2.24, 2.45) is 0 Å². The summed E-state index contributed by atoms with van der Waals surface area (Å²) in [6, 6.07) is 3.32. The van der Waals surface area contributed by atoms with E-state index in [1.807, 2.05) is 32.8 Å². The Labute approximate surface area is 117 Å². The summed E-state index contributed by atoms with van der Waals surface area (Å²) in [7, 11) is 3.76. The maximum Gasteiger partial charge on any atom is 0.255 e. The van der Waals surface area contributed by atoms with E-state index in [9.17, 15) is 4.79 Å². The number of hydrogen-bond acceptors (Lipinski definition) is 5. The molecule has 20 heavy (non-hydrogen) atoms. The molecule has 0 aromatic carbocycles. The molecule has 0 unspecified atom stereocenters. The van der Waals surface area contributed by atoms with Gasteiger partial charge in [0.1, 0.15) is 0 Å². The van der Waals surface area contributed by atoms with Crippen LogP contribution in [0.1, 0.15) is 21.7 Å². The molecule has 1 N–H and O–H groups in total. The summed E-state index contributed by atoms with van der Waals surface area (Å²) in [5.41, 5.74) is 2.68. The Morgan fingerprint density at radius 1 is 1.10 bits per heavy atom. The van der Waals surface area contributed by atoms with Crippen LogP contribution in [-0.2, 0) is 0 Å². The first-order chi connectivity index (χ1) is 9.49. The van der Waals surface area contributed by atoms with Gasteiger partial charge in [-0.3, -0.25) is 9.78 Å². The topological polar surface area (TPSA) is 71.0 Å². The van der Waals surface area contributed by atoms with Gasteiger partial charge in [-0.25, -0.2) is 9.97 Å². The lowest BCUT2D eigenvalue weighted by molar-refractivity contribution is 0.102. The number of nitrogens with zero attached hydrogens (tertiary/aromatic N) is 4. The molecule has 0 aliphatic carbocycles. The first kappa shape index (κ1) is 13.9. The number of hydrogen-bond donors (Lipinski definition) is 1. The van der Waals surface area contributed by atoms with Gasteiger partial charge in [-0.05, 0) is 26.0 Å². The van der Waals surface area contributed by atoms with Crippen molar-refractivity contribution in [1.29, 1.82) is 0 Å². The van der Waals surface area contributed by atoms with Gasteiger partial charge in [0.15, 0.2) is 0 Å². The predicted octanol–water partition coefficient (Wildman–Crippen LogP) is 1.81. The highest BCUT2D eigenvalue weighted by atomic mass is 16.1. The molecule has 0 atom stereocenters. The third-order valence-electron chi connectivity index (χ3n) is 2.84. The number of pyridine rings is 1. The number of aromatic nitrogens is 3. The smallest absolute Gasteiger partial charge is 0.255 e. The first-order valence-electron chi connectivity index (χ1n) is 6.23. The van der Waals surface area contributed by atoms with Gasteiger partial charge in [0.05, 0.1) is 17.1 Å². The number of rotatable bonds is 3. The van der Waals surface area contributed by atoms with Crippen molar-refractivity contribution < 1.29 is 4.79 Å². The molecule has 104 valence electrons. The van der Waals surface area contributed by atoms with E-state index >= 15 is 0 Å². The number of carbonyl (C=O) groups excluding carboxylic acids is 1. The quantitative estimate of drug-likeness (QED) is 0.921. The maximum absolute atomic E-state index is 12.1. The Morgan fingerprint density at radius 3 is 2.15 bits per heavy atom. The largest absolute Gasteiger partial charge is 0.347 e. The normalized spacial score (nSPS) is 10.2. The minimum Gasteiger partial charge on any atom is -0.347 e. The predicted molar refractivity (Wildman–Crippen MR) is 78.0 cm³/mol. The van der Waals surface area contributed by atoms with Gasteiger partial charge in [0.25, 0.3) is 5.91 Å². The number of aryl methyl sites for hydroxylation is 2. The summed E-state index contributed by atoms with van der Waals surface area (Å²) in [5, 5.41) is 2.85. The molecule has 2 heterocycles. The molecule has 6 heteroatoms. The van der Waals surface area contributed by atoms with Crippen molar-refractivity contribution in [1.82, 2.24) is 15.0 Å². The Morgan fingerprint density at radius 2 is 1.65 bits per heavy atom. The SMILES string of the molecule is Cc1nc(N(C)C)nc(C)c1NC(=O)c1ccncc1. The fourth-order valence-electron chi connectivity index (χ4n) is 1.77. The molecular formula is C14H17N5O. The van der Waals surface area contributed by atoms with E-state index < -0.39 is 0 Å². The highest BCUT2D eigenvalue weighted by molar-refractivity contribution is 6.04. The minimum absolute atomic E-state index is 0.195. The molecule has 2 aromatic heterocycles. The summed E-state index contributed by atoms with van der Waals surface area (Å²) < 4.78 is 0. The van der Waals surface area contributed by atoms with Crippen LogP contribution in [0.2, 0.25) is 0 Å². The lowest BCUT2D eigenvalue weighted by atomic mass is 10.2. The monoisotopic (exact) mass is 271 g/mol. The minimum atomic E-state index is -0.195. The van der Waals surface area contributed by atoms with E-state index in [1.54, 1.807) is 24.5 Å². The molecule has 0 fully saturated rings. The number of nitrogens with one attached hydrogen (secondary N) is 1. The van der Waals surface area contributed by atoms with Crippen LogP contribution in [0.25, 0.3) is 0 Å². The van der Waals surface area contributed by atoms with Crippen LogP contribution < -0.4 is 10.2 Å². The Hall–Kier alpha value is -2.50. The standard InChI is InChI=1S/C14H17N5O/c1-9-12(10(2)17-14(16-9)19(3)4)18-13(20)11-5-7-15-8-6-11/h5-8H,1-4H3,(H,18,20). The van der Waals surface area contributed by atoms with Gasteiger partial charge in [-0.2, -0.15) is 0 Å². The molecule has 0 radical (unpaired) electrons. The van der Waals surface area contributed by atoms with Gasteiger partial charge in [-0.15, -0.1) is 0 Å². The lowest BCUT2D eigenvalue weighted by Crippen LogP contribution is -2.18. The molecular weight excluding hydrogens is 254 g/mol. The van der Waals surface area contributed by atoms with Crippen molar-refractivity contribution in [3.63, 3.8) is 0 Å². The van der Waals surface area contributed by atoms with Gasteiger partial charge >= 0.3 is 0 Å². The van der Waals surface area contributed by atoms with Gasteiger partial charge in [0.2, 0.25) is 5.95 Å². The van der Waals surface area contributed by atoms with E-state index in [0.29, 0.717) is 17.2 Å². The second kappa shape index (κ2) is 5.64. The highest BCUT2D eigenvalue weighted by Crippen LogP contribution is 2.20. The summed E-state index contributed by atoms with van der Waals surface area (Å²) >= 11 is 0. The molecule has 0 aliphatic rings. The van der Waals surface area contributed by atoms with Crippen LogP contribution >= 0.6 is 0 Å². The van der Waals surface area contributed by atoms with Crippen molar-refractivity contribution in [3.05, 3.63) is 41.5 Å². The van der Waals surface area contributed by atoms with E-state index in [1.165, 1.54) is 0 Å². The second-order valence-corrected chi connectivity index (χ2v) is 4.65. The molecule has 2 aromatic rings. The molecule has 0 bridgehead atoms. The Balaban J connectivity index is 2.28. The fraction of sp³-hybridized carbons (Fsp3) is 0.286. The van der Waals surface area contributed by atoms with E-state index in [4.69, 9.17) is 0 Å². The molecule has 6 nitrogen and oxygen atoms in total. The number of amides is 1. The Bertz CT molecular complexity index is 602. The van der Waals surface area contributed by atoms with Gasteiger partial charge < -0.3 is 10.2 Å². The third kappa shape index (κ3) is 2.90. The zero-order chi connectivity index (χ0) is 14.7. The van der Waals surface area contributed by atoms with E-state index in [-0.39, 0.29) is 5.91 Å². The maximum atomic E-state index is 12.1. The van der Waals surface area contributed by atoms with Gasteiger partial charge in [-0.1, -0.05) is 0 Å². The van der Waals surface area contributed by atoms with Crippen LogP contribution in [0.3, 0.4) is 0 Å². The Kier molecular flexibility index (Phi) is 3.93. The van der Waals surface area contributed by atoms with Crippen molar-refractivity contribution in [2.75, 3.05) is 24.3 Å². The molecule has 1 amide bonds. The van der Waals surface area contributed by atoms with Crippen LogP contribution in [-0.4, -0.2) is 35.0 Å². The number of carbonyl (C=O) groups is 1. The average Bonchev–Trinajstić information content (AvgIpc) is 2.43. The molecule has 0 aliphatic heterocycles. The summed E-state index contributed by atoms with van der Waals surface area (Å²) in [6.07, 6.45) is 3.17. The summed E-state index contributed by atoms with van der Waals surface area (Å²) in [5.74, 6) is 0.432. The zero-order valence-electron chi connectivity index (χ0n) is 12.0. The molecule has 0 saturated carbocycles. The molecule has 0 spiro atoms. The fourth-order valence-corrected chi connectivity index (χ4v) is 1.77. The average molecular weight is 271 g/mol. The summed E-state index contributed by atoms with van der Waals surface area (Å²) in [4.78, 5) is 26.6. The molecule has 2 rings (SSSR count). The molecule has 0 saturated heterocycles. The van der Waals surface area contributed by atoms with Crippen molar-refractivity contribution in [3.8, 4) is 0 Å². The number of anilines is 2. The third-order valence-corrected chi connectivity index (χ3v) is 2.84. The lowest BCUT2D eigenvalue weighted by Gasteiger charge is -2.15. The van der Waals surface area contributed by atoms with Crippen LogP contribution in [0, 0.1) is 13.8 Å². The summed E-state index contributed by atoms with van der Waals surface area (Å²) in [6.45, 7) is 3.70. The van der Waals surface area contributed by atoms with E-state index in [0.717, 1.165) is 11.4 Å². The zero-order valence-corrected chi connectivity index (χ0v) is 12.0. The van der Waals surface area contributed by atoms with Crippen molar-refractivity contribution in [2.45, 2.75) is 13.8 Å². The van der Waals surface area contributed by atoms with Crippen LogP contribution in [0.4, 0.5) is 11.6 Å². The first-order valence-corrected chi connectivity index (χ1v) is 6.23. The second-order valence-electron chi connectivity index (χ2n) is 4.65. The van der Waals surface area contributed by atoms with Gasteiger partial charge in [0, 0.05) is 32.1 Å². The van der Waals surface area contributed by atoms with E-state index in [2.05, 4.69) is 20.3 Å². The van der Waals surface area contributed by atoms with Crippen LogP contribution in [0.5, 0.6) is 0 Å².